The molecule has 0 spiro atoms. The van der Waals surface area contributed by atoms with Crippen LogP contribution in [0.4, 0.5) is 5.13 Å². The maximum Gasteiger partial charge on any atom is 0.185 e. The van der Waals surface area contributed by atoms with Gasteiger partial charge in [-0.15, -0.1) is 11.3 Å². The average Bonchev–Trinajstić information content (AvgIpc) is 2.89. The number of anilines is 1. The van der Waals surface area contributed by atoms with Gasteiger partial charge in [-0.1, -0.05) is 0 Å². The highest BCUT2D eigenvalue weighted by atomic mass is 32.1. The Balaban J connectivity index is 2.10. The summed E-state index contributed by atoms with van der Waals surface area (Å²) in [5.74, 6) is 0.792. The zero-order chi connectivity index (χ0) is 9.26. The second kappa shape index (κ2) is 3.66. The average molecular weight is 196 g/mol. The summed E-state index contributed by atoms with van der Waals surface area (Å²) in [5, 5.41) is 3.43. The van der Waals surface area contributed by atoms with Gasteiger partial charge in [0.1, 0.15) is 0 Å². The fraction of sp³-hybridized carbons (Fsp3) is 0.700. The Morgan fingerprint density at radius 1 is 1.46 bits per heavy atom. The van der Waals surface area contributed by atoms with Crippen molar-refractivity contribution in [2.75, 3.05) is 18.0 Å². The summed E-state index contributed by atoms with van der Waals surface area (Å²) < 4.78 is 0. The molecule has 0 unspecified atom stereocenters. The fourth-order valence-corrected chi connectivity index (χ4v) is 2.52. The van der Waals surface area contributed by atoms with E-state index in [0.717, 1.165) is 19.0 Å². The van der Waals surface area contributed by atoms with Crippen molar-refractivity contribution in [3.05, 3.63) is 11.1 Å². The van der Waals surface area contributed by atoms with Crippen LogP contribution in [0.3, 0.4) is 0 Å². The quantitative estimate of drug-likeness (QED) is 0.736. The molecule has 13 heavy (non-hydrogen) atoms. The summed E-state index contributed by atoms with van der Waals surface area (Å²) in [4.78, 5) is 6.97. The standard InChI is InChI=1S/C10H16N2S/c1-3-12(4-2)10-11-9(7-13-10)8-5-6-8/h7-8H,3-6H2,1-2H3. The Morgan fingerprint density at radius 2 is 2.15 bits per heavy atom. The van der Waals surface area contributed by atoms with E-state index in [1.165, 1.54) is 23.7 Å². The van der Waals surface area contributed by atoms with Crippen LogP contribution in [-0.2, 0) is 0 Å². The predicted molar refractivity (Wildman–Crippen MR) is 57.7 cm³/mol. The van der Waals surface area contributed by atoms with E-state index in [-0.39, 0.29) is 0 Å². The third-order valence-corrected chi connectivity index (χ3v) is 3.46. The molecule has 0 atom stereocenters. The largest absolute Gasteiger partial charge is 0.349 e. The van der Waals surface area contributed by atoms with Crippen molar-refractivity contribution < 1.29 is 0 Å². The van der Waals surface area contributed by atoms with Crippen molar-refractivity contribution in [3.8, 4) is 0 Å². The lowest BCUT2D eigenvalue weighted by molar-refractivity contribution is 0.853. The van der Waals surface area contributed by atoms with E-state index in [1.54, 1.807) is 11.3 Å². The van der Waals surface area contributed by atoms with Crippen molar-refractivity contribution in [1.29, 1.82) is 0 Å². The summed E-state index contributed by atoms with van der Waals surface area (Å²) in [6, 6.07) is 0. The molecular weight excluding hydrogens is 180 g/mol. The molecule has 1 aliphatic carbocycles. The minimum absolute atomic E-state index is 0.792. The van der Waals surface area contributed by atoms with Gasteiger partial charge in [-0.2, -0.15) is 0 Å². The smallest absolute Gasteiger partial charge is 0.185 e. The topological polar surface area (TPSA) is 16.1 Å². The van der Waals surface area contributed by atoms with Gasteiger partial charge in [-0.3, -0.25) is 0 Å². The molecule has 1 aliphatic rings. The Hall–Kier alpha value is -0.570. The van der Waals surface area contributed by atoms with Crippen molar-refractivity contribution in [2.24, 2.45) is 0 Å². The lowest BCUT2D eigenvalue weighted by Crippen LogP contribution is -2.21. The van der Waals surface area contributed by atoms with Crippen LogP contribution in [0.15, 0.2) is 5.38 Å². The minimum Gasteiger partial charge on any atom is -0.349 e. The molecule has 1 aromatic rings. The summed E-state index contributed by atoms with van der Waals surface area (Å²) in [6.07, 6.45) is 2.70. The van der Waals surface area contributed by atoms with Gasteiger partial charge < -0.3 is 4.90 Å². The maximum absolute atomic E-state index is 4.66. The van der Waals surface area contributed by atoms with Gasteiger partial charge in [0.2, 0.25) is 0 Å². The van der Waals surface area contributed by atoms with E-state index < -0.39 is 0 Å². The van der Waals surface area contributed by atoms with Crippen molar-refractivity contribution in [1.82, 2.24) is 4.98 Å². The monoisotopic (exact) mass is 196 g/mol. The van der Waals surface area contributed by atoms with Gasteiger partial charge >= 0.3 is 0 Å². The first kappa shape index (κ1) is 9.00. The van der Waals surface area contributed by atoms with Crippen molar-refractivity contribution >= 4 is 16.5 Å². The number of rotatable bonds is 4. The van der Waals surface area contributed by atoms with E-state index in [0.29, 0.717) is 0 Å². The molecule has 1 fully saturated rings. The van der Waals surface area contributed by atoms with E-state index in [4.69, 9.17) is 0 Å². The molecular formula is C10H16N2S. The van der Waals surface area contributed by atoms with Crippen LogP contribution >= 0.6 is 11.3 Å². The Kier molecular flexibility index (Phi) is 2.54. The molecule has 0 bridgehead atoms. The van der Waals surface area contributed by atoms with E-state index in [9.17, 15) is 0 Å². The zero-order valence-corrected chi connectivity index (χ0v) is 9.10. The molecule has 1 aromatic heterocycles. The van der Waals surface area contributed by atoms with Crippen LogP contribution in [0, 0.1) is 0 Å². The highest BCUT2D eigenvalue weighted by Crippen LogP contribution is 2.41. The lowest BCUT2D eigenvalue weighted by atomic mass is 10.3. The molecule has 1 heterocycles. The van der Waals surface area contributed by atoms with E-state index in [1.807, 2.05) is 0 Å². The summed E-state index contributed by atoms with van der Waals surface area (Å²) in [7, 11) is 0. The zero-order valence-electron chi connectivity index (χ0n) is 8.29. The van der Waals surface area contributed by atoms with Crippen LogP contribution < -0.4 is 4.90 Å². The number of hydrogen-bond donors (Lipinski definition) is 0. The van der Waals surface area contributed by atoms with Gasteiger partial charge in [0.05, 0.1) is 5.69 Å². The maximum atomic E-state index is 4.66. The Morgan fingerprint density at radius 3 is 2.69 bits per heavy atom. The molecule has 0 amide bonds. The van der Waals surface area contributed by atoms with Gasteiger partial charge in [-0.05, 0) is 26.7 Å². The van der Waals surface area contributed by atoms with Crippen LogP contribution in [0.2, 0.25) is 0 Å². The van der Waals surface area contributed by atoms with Crippen LogP contribution in [0.5, 0.6) is 0 Å². The SMILES string of the molecule is CCN(CC)c1nc(C2CC2)cs1. The van der Waals surface area contributed by atoms with Crippen molar-refractivity contribution in [2.45, 2.75) is 32.6 Å². The molecule has 1 saturated carbocycles. The van der Waals surface area contributed by atoms with Crippen molar-refractivity contribution in [3.63, 3.8) is 0 Å². The van der Waals surface area contributed by atoms with Crippen LogP contribution in [0.1, 0.15) is 38.3 Å². The Bertz CT molecular complexity index is 274. The molecule has 0 radical (unpaired) electrons. The second-order valence-corrected chi connectivity index (χ2v) is 4.34. The first-order chi connectivity index (χ1) is 6.35. The summed E-state index contributed by atoms with van der Waals surface area (Å²) in [5.41, 5.74) is 1.33. The summed E-state index contributed by atoms with van der Waals surface area (Å²) >= 11 is 1.79. The van der Waals surface area contributed by atoms with Crippen LogP contribution in [-0.4, -0.2) is 18.1 Å². The Labute approximate surface area is 83.6 Å². The lowest BCUT2D eigenvalue weighted by Gasteiger charge is -2.16. The highest BCUT2D eigenvalue weighted by Gasteiger charge is 2.26. The van der Waals surface area contributed by atoms with E-state index in [2.05, 4.69) is 29.1 Å². The third kappa shape index (κ3) is 1.85. The number of thiazole rings is 1. The molecule has 0 aromatic carbocycles. The molecule has 3 heteroatoms. The van der Waals surface area contributed by atoms with Gasteiger partial charge in [-0.25, -0.2) is 4.98 Å². The number of nitrogens with zero attached hydrogens (tertiary/aromatic N) is 2. The molecule has 2 nitrogen and oxygen atoms in total. The molecule has 0 aliphatic heterocycles. The molecule has 0 saturated heterocycles. The van der Waals surface area contributed by atoms with Gasteiger partial charge in [0, 0.05) is 24.4 Å². The van der Waals surface area contributed by atoms with E-state index >= 15 is 0 Å². The molecule has 72 valence electrons. The first-order valence-electron chi connectivity index (χ1n) is 5.05. The number of aromatic nitrogens is 1. The third-order valence-electron chi connectivity index (χ3n) is 2.54. The second-order valence-electron chi connectivity index (χ2n) is 3.50. The highest BCUT2D eigenvalue weighted by molar-refractivity contribution is 7.13. The van der Waals surface area contributed by atoms with Gasteiger partial charge in [0.15, 0.2) is 5.13 Å². The molecule has 0 N–H and O–H groups in total. The minimum atomic E-state index is 0.792. The first-order valence-corrected chi connectivity index (χ1v) is 5.93. The fourth-order valence-electron chi connectivity index (χ4n) is 1.48. The normalized spacial score (nSPS) is 16.2. The molecule has 2 rings (SSSR count). The number of hydrogen-bond acceptors (Lipinski definition) is 3. The summed E-state index contributed by atoms with van der Waals surface area (Å²) in [6.45, 7) is 6.49. The van der Waals surface area contributed by atoms with Crippen LogP contribution in [0.25, 0.3) is 0 Å². The van der Waals surface area contributed by atoms with Gasteiger partial charge in [0.25, 0.3) is 0 Å². The predicted octanol–water partition coefficient (Wildman–Crippen LogP) is 2.87.